The Kier molecular flexibility index (Phi) is 5.34. The highest BCUT2D eigenvalue weighted by atomic mass is 35.5. The molecular weight excluding hydrogens is 283 g/mol. The van der Waals surface area contributed by atoms with E-state index in [2.05, 4.69) is 5.32 Å². The Morgan fingerprint density at radius 3 is 2.68 bits per heavy atom. The molecule has 2 rings (SSSR count). The Morgan fingerprint density at radius 2 is 1.95 bits per heavy atom. The van der Waals surface area contributed by atoms with Crippen molar-refractivity contribution in [2.45, 2.75) is 25.7 Å². The number of nitrogens with zero attached hydrogens (tertiary/aromatic N) is 1. The van der Waals surface area contributed by atoms with Gasteiger partial charge in [-0.25, -0.2) is 0 Å². The quantitative estimate of drug-likeness (QED) is 0.917. The number of carbonyl (C=O) groups excluding carboxylic acids is 1. The highest BCUT2D eigenvalue weighted by Gasteiger charge is 2.15. The van der Waals surface area contributed by atoms with E-state index in [1.54, 1.807) is 6.07 Å². The summed E-state index contributed by atoms with van der Waals surface area (Å²) in [6.07, 6.45) is 3.97. The predicted molar refractivity (Wildman–Crippen MR) is 80.0 cm³/mol. The number of carbonyl (C=O) groups is 1. The topological polar surface area (TPSA) is 32.3 Å². The monoisotopic (exact) mass is 300 g/mol. The summed E-state index contributed by atoms with van der Waals surface area (Å²) in [5, 5.41) is 4.19. The van der Waals surface area contributed by atoms with Gasteiger partial charge in [-0.2, -0.15) is 0 Å². The zero-order valence-electron chi connectivity index (χ0n) is 10.8. The highest BCUT2D eigenvalue weighted by Crippen LogP contribution is 2.29. The minimum Gasteiger partial charge on any atom is -0.383 e. The Hall–Kier alpha value is -0.930. The van der Waals surface area contributed by atoms with E-state index in [9.17, 15) is 4.79 Å². The molecule has 0 spiro atoms. The first-order valence-corrected chi connectivity index (χ1v) is 7.40. The van der Waals surface area contributed by atoms with Crippen LogP contribution < -0.4 is 5.32 Å². The van der Waals surface area contributed by atoms with Crippen LogP contribution in [0.25, 0.3) is 0 Å². The highest BCUT2D eigenvalue weighted by molar-refractivity contribution is 6.43. The molecule has 1 aliphatic heterocycles. The molecule has 5 heteroatoms. The van der Waals surface area contributed by atoms with E-state index >= 15 is 0 Å². The molecule has 1 N–H and O–H groups in total. The largest absolute Gasteiger partial charge is 0.383 e. The van der Waals surface area contributed by atoms with Gasteiger partial charge in [-0.05, 0) is 31.4 Å². The molecule has 1 saturated heterocycles. The fourth-order valence-electron chi connectivity index (χ4n) is 2.25. The van der Waals surface area contributed by atoms with Gasteiger partial charge in [-0.3, -0.25) is 4.79 Å². The number of nitrogens with one attached hydrogen (secondary N) is 1. The standard InChI is InChI=1S/C14H18Cl2N2O/c15-11-5-4-6-12(14(11)16)17-8-7-13(19)18-9-2-1-3-10-18/h4-6,17H,1-3,7-10H2. The molecule has 0 radical (unpaired) electrons. The number of hydrogen-bond donors (Lipinski definition) is 1. The van der Waals surface area contributed by atoms with Gasteiger partial charge in [0, 0.05) is 26.1 Å². The second-order valence-corrected chi connectivity index (χ2v) is 5.50. The Morgan fingerprint density at radius 1 is 1.21 bits per heavy atom. The smallest absolute Gasteiger partial charge is 0.224 e. The summed E-state index contributed by atoms with van der Waals surface area (Å²) in [6.45, 7) is 2.38. The molecular formula is C14H18Cl2N2O. The van der Waals surface area contributed by atoms with E-state index in [1.165, 1.54) is 6.42 Å². The average Bonchev–Trinajstić information content (AvgIpc) is 2.44. The van der Waals surface area contributed by atoms with Gasteiger partial charge in [0.25, 0.3) is 0 Å². The predicted octanol–water partition coefficient (Wildman–Crippen LogP) is 3.81. The van der Waals surface area contributed by atoms with Crippen molar-refractivity contribution in [2.24, 2.45) is 0 Å². The number of likely N-dealkylation sites (tertiary alicyclic amines) is 1. The fourth-order valence-corrected chi connectivity index (χ4v) is 2.61. The van der Waals surface area contributed by atoms with Crippen LogP contribution in [0, 0.1) is 0 Å². The maximum Gasteiger partial charge on any atom is 0.224 e. The van der Waals surface area contributed by atoms with Crippen molar-refractivity contribution in [3.8, 4) is 0 Å². The van der Waals surface area contributed by atoms with E-state index in [0.29, 0.717) is 23.0 Å². The molecule has 104 valence electrons. The van der Waals surface area contributed by atoms with Crippen LogP contribution in [0.2, 0.25) is 10.0 Å². The summed E-state index contributed by atoms with van der Waals surface area (Å²) in [5.74, 6) is 0.213. The summed E-state index contributed by atoms with van der Waals surface area (Å²) >= 11 is 12.0. The molecule has 0 unspecified atom stereocenters. The number of amides is 1. The molecule has 1 aliphatic rings. The molecule has 19 heavy (non-hydrogen) atoms. The third-order valence-corrected chi connectivity index (χ3v) is 4.13. The van der Waals surface area contributed by atoms with Crippen molar-refractivity contribution >= 4 is 34.8 Å². The lowest BCUT2D eigenvalue weighted by molar-refractivity contribution is -0.131. The first kappa shape index (κ1) is 14.5. The van der Waals surface area contributed by atoms with E-state index in [-0.39, 0.29) is 5.91 Å². The number of piperidine rings is 1. The van der Waals surface area contributed by atoms with Gasteiger partial charge in [0.05, 0.1) is 15.7 Å². The Bertz CT molecular complexity index is 445. The number of halogens is 2. The minimum absolute atomic E-state index is 0.213. The van der Waals surface area contributed by atoms with Gasteiger partial charge in [-0.1, -0.05) is 29.3 Å². The van der Waals surface area contributed by atoms with Crippen LogP contribution in [0.4, 0.5) is 5.69 Å². The van der Waals surface area contributed by atoms with Gasteiger partial charge in [0.15, 0.2) is 0 Å². The molecule has 1 fully saturated rings. The first-order valence-electron chi connectivity index (χ1n) is 6.64. The summed E-state index contributed by atoms with van der Waals surface area (Å²) < 4.78 is 0. The molecule has 0 bridgehead atoms. The maximum atomic E-state index is 12.0. The molecule has 3 nitrogen and oxygen atoms in total. The Balaban J connectivity index is 1.79. The van der Waals surface area contributed by atoms with Crippen LogP contribution in [0.3, 0.4) is 0 Å². The normalized spacial score (nSPS) is 15.4. The third kappa shape index (κ3) is 4.02. The van der Waals surface area contributed by atoms with Gasteiger partial charge in [0.1, 0.15) is 0 Å². The van der Waals surface area contributed by atoms with Crippen LogP contribution in [-0.2, 0) is 4.79 Å². The van der Waals surface area contributed by atoms with E-state index in [1.807, 2.05) is 17.0 Å². The van der Waals surface area contributed by atoms with Crippen LogP contribution in [0.1, 0.15) is 25.7 Å². The van der Waals surface area contributed by atoms with E-state index < -0.39 is 0 Å². The van der Waals surface area contributed by atoms with Crippen molar-refractivity contribution in [3.05, 3.63) is 28.2 Å². The van der Waals surface area contributed by atoms with Gasteiger partial charge in [0.2, 0.25) is 5.91 Å². The number of anilines is 1. The van der Waals surface area contributed by atoms with Crippen LogP contribution in [0.5, 0.6) is 0 Å². The molecule has 0 atom stereocenters. The van der Waals surface area contributed by atoms with E-state index in [0.717, 1.165) is 31.6 Å². The van der Waals surface area contributed by atoms with Crippen molar-refractivity contribution in [1.82, 2.24) is 4.90 Å². The summed E-state index contributed by atoms with van der Waals surface area (Å²) in [4.78, 5) is 13.9. The summed E-state index contributed by atoms with van der Waals surface area (Å²) in [6, 6.07) is 5.44. The second-order valence-electron chi connectivity index (χ2n) is 4.72. The second kappa shape index (κ2) is 7.01. The van der Waals surface area contributed by atoms with Gasteiger partial charge >= 0.3 is 0 Å². The molecule has 1 aromatic rings. The van der Waals surface area contributed by atoms with Crippen LogP contribution >= 0.6 is 23.2 Å². The summed E-state index contributed by atoms with van der Waals surface area (Å²) in [7, 11) is 0. The van der Waals surface area contributed by atoms with Crippen molar-refractivity contribution in [3.63, 3.8) is 0 Å². The zero-order chi connectivity index (χ0) is 13.7. The lowest BCUT2D eigenvalue weighted by Gasteiger charge is -2.26. The Labute approximate surface area is 123 Å². The molecule has 0 aliphatic carbocycles. The van der Waals surface area contributed by atoms with Crippen molar-refractivity contribution in [2.75, 3.05) is 25.0 Å². The van der Waals surface area contributed by atoms with E-state index in [4.69, 9.17) is 23.2 Å². The molecule has 0 saturated carbocycles. The SMILES string of the molecule is O=C(CCNc1cccc(Cl)c1Cl)N1CCCCC1. The first-order chi connectivity index (χ1) is 9.18. The van der Waals surface area contributed by atoms with Crippen LogP contribution in [0.15, 0.2) is 18.2 Å². The zero-order valence-corrected chi connectivity index (χ0v) is 12.3. The fraction of sp³-hybridized carbons (Fsp3) is 0.500. The van der Waals surface area contributed by atoms with Crippen molar-refractivity contribution < 1.29 is 4.79 Å². The molecule has 0 aromatic heterocycles. The summed E-state index contributed by atoms with van der Waals surface area (Å²) in [5.41, 5.74) is 0.778. The lowest BCUT2D eigenvalue weighted by Crippen LogP contribution is -2.36. The van der Waals surface area contributed by atoms with Crippen molar-refractivity contribution in [1.29, 1.82) is 0 Å². The molecule has 1 amide bonds. The minimum atomic E-state index is 0.213. The molecule has 1 aromatic carbocycles. The van der Waals surface area contributed by atoms with Gasteiger partial charge < -0.3 is 10.2 Å². The average molecular weight is 301 g/mol. The molecule has 1 heterocycles. The lowest BCUT2D eigenvalue weighted by atomic mass is 10.1. The number of rotatable bonds is 4. The van der Waals surface area contributed by atoms with Gasteiger partial charge in [-0.15, -0.1) is 0 Å². The van der Waals surface area contributed by atoms with Crippen LogP contribution in [-0.4, -0.2) is 30.4 Å². The number of hydrogen-bond acceptors (Lipinski definition) is 2. The third-order valence-electron chi connectivity index (χ3n) is 3.31. The number of benzene rings is 1. The maximum absolute atomic E-state index is 12.0.